The Bertz CT molecular complexity index is 281. The number of anilines is 2. The van der Waals surface area contributed by atoms with E-state index >= 15 is 0 Å². The van der Waals surface area contributed by atoms with Gasteiger partial charge in [0.2, 0.25) is 0 Å². The van der Waals surface area contributed by atoms with Crippen LogP contribution in [0.3, 0.4) is 0 Å². The van der Waals surface area contributed by atoms with Crippen LogP contribution in [0.15, 0.2) is 6.07 Å². The maximum Gasteiger partial charge on any atom is 0.139 e. The van der Waals surface area contributed by atoms with Crippen LogP contribution in [0.5, 0.6) is 0 Å². The van der Waals surface area contributed by atoms with Gasteiger partial charge in [0.15, 0.2) is 0 Å². The number of hydrogen-bond acceptors (Lipinski definition) is 5. The Balaban J connectivity index is 1.89. The summed E-state index contributed by atoms with van der Waals surface area (Å²) in [6.07, 6.45) is 3.36. The van der Waals surface area contributed by atoms with E-state index in [9.17, 15) is 0 Å². The van der Waals surface area contributed by atoms with Gasteiger partial charge in [0, 0.05) is 25.3 Å². The quantitative estimate of drug-likeness (QED) is 0.785. The number of rotatable bonds is 2. The van der Waals surface area contributed by atoms with Crippen LogP contribution < -0.4 is 11.1 Å². The van der Waals surface area contributed by atoms with Gasteiger partial charge in [-0.1, -0.05) is 0 Å². The van der Waals surface area contributed by atoms with Crippen molar-refractivity contribution in [3.63, 3.8) is 0 Å². The molecule has 0 aromatic carbocycles. The fourth-order valence-electron chi connectivity index (χ4n) is 1.61. The summed E-state index contributed by atoms with van der Waals surface area (Å²) in [6, 6.07) is 2.40. The molecule has 4 nitrogen and oxygen atoms in total. The molecule has 0 aliphatic carbocycles. The van der Waals surface area contributed by atoms with Crippen LogP contribution in [0, 0.1) is 0 Å². The van der Waals surface area contributed by atoms with Crippen molar-refractivity contribution < 1.29 is 4.74 Å². The van der Waals surface area contributed by atoms with Gasteiger partial charge in [0.25, 0.3) is 0 Å². The molecule has 1 aromatic rings. The molecule has 0 spiro atoms. The van der Waals surface area contributed by atoms with Gasteiger partial charge in [-0.3, -0.25) is 0 Å². The summed E-state index contributed by atoms with van der Waals surface area (Å²) in [5.74, 6) is 0.599. The van der Waals surface area contributed by atoms with Gasteiger partial charge in [-0.15, -0.1) is 0 Å². The first kappa shape index (κ1) is 9.73. The summed E-state index contributed by atoms with van der Waals surface area (Å²) in [6.45, 7) is 1.75. The summed E-state index contributed by atoms with van der Waals surface area (Å²) in [4.78, 5) is 0. The predicted molar refractivity (Wildman–Crippen MR) is 58.6 cm³/mol. The van der Waals surface area contributed by atoms with E-state index in [0.29, 0.717) is 11.9 Å². The van der Waals surface area contributed by atoms with Crippen molar-refractivity contribution in [2.45, 2.75) is 25.3 Å². The van der Waals surface area contributed by atoms with Gasteiger partial charge in [-0.2, -0.15) is 4.37 Å². The largest absolute Gasteiger partial charge is 0.383 e. The van der Waals surface area contributed by atoms with E-state index in [1.165, 1.54) is 11.5 Å². The molecule has 1 aromatic heterocycles. The number of aromatic nitrogens is 1. The Hall–Kier alpha value is -0.810. The van der Waals surface area contributed by atoms with E-state index in [-0.39, 0.29) is 0 Å². The fraction of sp³-hybridized carbons (Fsp3) is 0.667. The zero-order valence-corrected chi connectivity index (χ0v) is 8.85. The Morgan fingerprint density at radius 1 is 1.50 bits per heavy atom. The monoisotopic (exact) mass is 213 g/mol. The third kappa shape index (κ3) is 2.59. The summed E-state index contributed by atoms with van der Waals surface area (Å²) >= 11 is 1.42. The van der Waals surface area contributed by atoms with Crippen LogP contribution in [0.1, 0.15) is 19.3 Å². The molecule has 1 aliphatic heterocycles. The first-order chi connectivity index (χ1) is 6.84. The standard InChI is InChI=1S/C9H15N3OS/c10-8-6-9(14-12-8)11-7-2-1-4-13-5-3-7/h6-7,11H,1-5H2,(H2,10,12). The van der Waals surface area contributed by atoms with Crippen molar-refractivity contribution in [3.05, 3.63) is 6.07 Å². The molecule has 78 valence electrons. The van der Waals surface area contributed by atoms with E-state index < -0.39 is 0 Å². The van der Waals surface area contributed by atoms with E-state index in [2.05, 4.69) is 9.69 Å². The smallest absolute Gasteiger partial charge is 0.139 e. The van der Waals surface area contributed by atoms with Crippen molar-refractivity contribution in [1.82, 2.24) is 4.37 Å². The third-order valence-electron chi connectivity index (χ3n) is 2.33. The molecule has 0 saturated carbocycles. The zero-order valence-electron chi connectivity index (χ0n) is 8.03. The highest BCUT2D eigenvalue weighted by molar-refractivity contribution is 7.10. The number of ether oxygens (including phenoxy) is 1. The second-order valence-electron chi connectivity index (χ2n) is 3.50. The number of nitrogens with one attached hydrogen (secondary N) is 1. The van der Waals surface area contributed by atoms with Crippen LogP contribution in [0.4, 0.5) is 10.8 Å². The highest BCUT2D eigenvalue weighted by atomic mass is 32.1. The molecule has 1 fully saturated rings. The van der Waals surface area contributed by atoms with E-state index in [4.69, 9.17) is 10.5 Å². The van der Waals surface area contributed by atoms with Crippen molar-refractivity contribution in [3.8, 4) is 0 Å². The summed E-state index contributed by atoms with van der Waals surface area (Å²) in [5, 5.41) is 4.50. The lowest BCUT2D eigenvalue weighted by Crippen LogP contribution is -2.18. The average Bonchev–Trinajstić information content (AvgIpc) is 2.43. The normalized spacial score (nSPS) is 23.0. The first-order valence-electron chi connectivity index (χ1n) is 4.91. The van der Waals surface area contributed by atoms with Crippen LogP contribution >= 0.6 is 11.5 Å². The fourth-order valence-corrected chi connectivity index (χ4v) is 2.26. The molecule has 1 atom stereocenters. The van der Waals surface area contributed by atoms with E-state index in [1.54, 1.807) is 0 Å². The van der Waals surface area contributed by atoms with Gasteiger partial charge < -0.3 is 15.8 Å². The van der Waals surface area contributed by atoms with Crippen LogP contribution in [0.25, 0.3) is 0 Å². The van der Waals surface area contributed by atoms with Gasteiger partial charge in [0.05, 0.1) is 0 Å². The minimum Gasteiger partial charge on any atom is -0.383 e. The second-order valence-corrected chi connectivity index (χ2v) is 4.31. The third-order valence-corrected chi connectivity index (χ3v) is 3.06. The molecule has 2 heterocycles. The summed E-state index contributed by atoms with van der Waals surface area (Å²) in [7, 11) is 0. The Kier molecular flexibility index (Phi) is 3.21. The van der Waals surface area contributed by atoms with Gasteiger partial charge >= 0.3 is 0 Å². The van der Waals surface area contributed by atoms with Crippen molar-refractivity contribution in [2.24, 2.45) is 0 Å². The van der Waals surface area contributed by atoms with Gasteiger partial charge in [0.1, 0.15) is 10.8 Å². The summed E-state index contributed by atoms with van der Waals surface area (Å²) < 4.78 is 9.42. The minimum absolute atomic E-state index is 0.511. The van der Waals surface area contributed by atoms with Gasteiger partial charge in [-0.25, -0.2) is 0 Å². The van der Waals surface area contributed by atoms with E-state index in [1.807, 2.05) is 6.07 Å². The maximum atomic E-state index is 5.55. The molecule has 2 rings (SSSR count). The Morgan fingerprint density at radius 3 is 3.21 bits per heavy atom. The number of nitrogens with two attached hydrogens (primary N) is 1. The average molecular weight is 213 g/mol. The molecule has 5 heteroatoms. The molecule has 1 saturated heterocycles. The van der Waals surface area contributed by atoms with Crippen LogP contribution in [-0.4, -0.2) is 23.6 Å². The van der Waals surface area contributed by atoms with Crippen LogP contribution in [-0.2, 0) is 4.74 Å². The lowest BCUT2D eigenvalue weighted by molar-refractivity contribution is 0.144. The highest BCUT2D eigenvalue weighted by Gasteiger charge is 2.12. The number of hydrogen-bond donors (Lipinski definition) is 2. The molecule has 3 N–H and O–H groups in total. The van der Waals surface area contributed by atoms with Crippen molar-refractivity contribution >= 4 is 22.4 Å². The van der Waals surface area contributed by atoms with Crippen molar-refractivity contribution in [1.29, 1.82) is 0 Å². The zero-order chi connectivity index (χ0) is 9.80. The van der Waals surface area contributed by atoms with Gasteiger partial charge in [-0.05, 0) is 30.8 Å². The highest BCUT2D eigenvalue weighted by Crippen LogP contribution is 2.21. The Labute approximate surface area is 87.6 Å². The molecular formula is C9H15N3OS. The summed E-state index contributed by atoms with van der Waals surface area (Å²) in [5.41, 5.74) is 5.55. The van der Waals surface area contributed by atoms with Crippen molar-refractivity contribution in [2.75, 3.05) is 24.3 Å². The second kappa shape index (κ2) is 4.61. The maximum absolute atomic E-state index is 5.55. The molecule has 14 heavy (non-hydrogen) atoms. The van der Waals surface area contributed by atoms with Crippen LogP contribution in [0.2, 0.25) is 0 Å². The number of nitrogen functional groups attached to an aromatic ring is 1. The molecule has 1 unspecified atom stereocenters. The minimum atomic E-state index is 0.511. The predicted octanol–water partition coefficient (Wildman–Crippen LogP) is 1.71. The lowest BCUT2D eigenvalue weighted by Gasteiger charge is -2.14. The first-order valence-corrected chi connectivity index (χ1v) is 5.68. The number of nitrogens with zero attached hydrogens (tertiary/aromatic N) is 1. The molecule has 1 aliphatic rings. The molecule has 0 amide bonds. The SMILES string of the molecule is Nc1cc(NC2CCCOCC2)sn1. The topological polar surface area (TPSA) is 60.2 Å². The Morgan fingerprint density at radius 2 is 2.43 bits per heavy atom. The lowest BCUT2D eigenvalue weighted by atomic mass is 10.1. The molecule has 0 radical (unpaired) electrons. The van der Waals surface area contributed by atoms with E-state index in [0.717, 1.165) is 37.5 Å². The molecule has 0 bridgehead atoms. The molecular weight excluding hydrogens is 198 g/mol.